The number of carbonyl (C=O) groups is 1. The third-order valence-corrected chi connectivity index (χ3v) is 3.78. The number of fused-ring (bicyclic) bond motifs is 1. The minimum absolute atomic E-state index is 0.231. The molecule has 23 heavy (non-hydrogen) atoms. The summed E-state index contributed by atoms with van der Waals surface area (Å²) < 4.78 is 16.0. The van der Waals surface area contributed by atoms with E-state index in [9.17, 15) is 4.79 Å². The maximum absolute atomic E-state index is 12.1. The van der Waals surface area contributed by atoms with Crippen LogP contribution in [0.1, 0.15) is 16.7 Å². The minimum Gasteiger partial charge on any atom is -0.454 e. The van der Waals surface area contributed by atoms with Crippen LogP contribution in [0.25, 0.3) is 11.8 Å². The summed E-state index contributed by atoms with van der Waals surface area (Å²) in [5.74, 6) is 1.63. The fraction of sp³-hybridized carbons (Fsp3) is 0.105. The summed E-state index contributed by atoms with van der Waals surface area (Å²) in [4.78, 5) is 12.1. The van der Waals surface area contributed by atoms with E-state index >= 15 is 0 Å². The second-order valence-electron chi connectivity index (χ2n) is 5.48. The molecule has 0 amide bonds. The van der Waals surface area contributed by atoms with E-state index in [4.69, 9.17) is 14.2 Å². The Hall–Kier alpha value is -3.01. The lowest BCUT2D eigenvalue weighted by molar-refractivity contribution is -0.130. The molecule has 2 aromatic rings. The number of hydrogen-bond donors (Lipinski definition) is 0. The number of aryl methyl sites for hydroxylation is 1. The molecular formula is C19H14O4. The zero-order valence-corrected chi connectivity index (χ0v) is 12.5. The van der Waals surface area contributed by atoms with Crippen molar-refractivity contribution < 1.29 is 19.0 Å². The van der Waals surface area contributed by atoms with E-state index in [0.29, 0.717) is 17.1 Å². The van der Waals surface area contributed by atoms with Gasteiger partial charge in [0.15, 0.2) is 11.5 Å². The Morgan fingerprint density at radius 1 is 1.00 bits per heavy atom. The van der Waals surface area contributed by atoms with E-state index < -0.39 is 0 Å². The third-order valence-electron chi connectivity index (χ3n) is 3.78. The summed E-state index contributed by atoms with van der Waals surface area (Å²) in [6.45, 7) is 2.25. The van der Waals surface area contributed by atoms with Crippen molar-refractivity contribution in [3.63, 3.8) is 0 Å². The number of cyclic esters (lactones) is 1. The smallest absolute Gasteiger partial charge is 0.343 e. The second-order valence-corrected chi connectivity index (χ2v) is 5.48. The fourth-order valence-corrected chi connectivity index (χ4v) is 2.53. The lowest BCUT2D eigenvalue weighted by Crippen LogP contribution is -1.97. The Morgan fingerprint density at radius 3 is 2.61 bits per heavy atom. The summed E-state index contributed by atoms with van der Waals surface area (Å²) in [6, 6.07) is 13.4. The maximum Gasteiger partial charge on any atom is 0.343 e. The quantitative estimate of drug-likeness (QED) is 0.627. The molecule has 2 aliphatic heterocycles. The Balaban J connectivity index is 1.65. The highest BCUT2D eigenvalue weighted by Gasteiger charge is 2.22. The van der Waals surface area contributed by atoms with Gasteiger partial charge < -0.3 is 14.2 Å². The predicted octanol–water partition coefficient (Wildman–Crippen LogP) is 3.71. The lowest BCUT2D eigenvalue weighted by Gasteiger charge is -2.01. The third kappa shape index (κ3) is 2.59. The molecule has 0 fully saturated rings. The van der Waals surface area contributed by atoms with Crippen molar-refractivity contribution in [2.24, 2.45) is 0 Å². The molecule has 0 saturated carbocycles. The lowest BCUT2D eigenvalue weighted by atomic mass is 10.1. The standard InChI is InChI=1S/C19H14O4/c1-12-2-5-14(6-3-12)17-10-15(19(20)23-17)8-13-4-7-16-18(9-13)22-11-21-16/h2-10H,11H2,1H3. The van der Waals surface area contributed by atoms with Crippen molar-refractivity contribution in [3.8, 4) is 11.5 Å². The average molecular weight is 306 g/mol. The van der Waals surface area contributed by atoms with Crippen molar-refractivity contribution in [1.29, 1.82) is 0 Å². The van der Waals surface area contributed by atoms with E-state index in [1.807, 2.05) is 49.4 Å². The van der Waals surface area contributed by atoms with Gasteiger partial charge in [0.25, 0.3) is 0 Å². The number of esters is 1. The van der Waals surface area contributed by atoms with Crippen LogP contribution in [0.4, 0.5) is 0 Å². The molecule has 2 aliphatic rings. The zero-order chi connectivity index (χ0) is 15.8. The molecular weight excluding hydrogens is 292 g/mol. The summed E-state index contributed by atoms with van der Waals surface area (Å²) in [7, 11) is 0. The first-order chi connectivity index (χ1) is 11.2. The zero-order valence-electron chi connectivity index (χ0n) is 12.5. The number of carbonyl (C=O) groups excluding carboxylic acids is 1. The molecule has 114 valence electrons. The van der Waals surface area contributed by atoms with E-state index in [-0.39, 0.29) is 12.8 Å². The van der Waals surface area contributed by atoms with Gasteiger partial charge in [0.2, 0.25) is 6.79 Å². The fourth-order valence-electron chi connectivity index (χ4n) is 2.53. The maximum atomic E-state index is 12.1. The van der Waals surface area contributed by atoms with E-state index in [1.54, 1.807) is 12.2 Å². The Kier molecular flexibility index (Phi) is 3.15. The molecule has 2 heterocycles. The summed E-state index contributed by atoms with van der Waals surface area (Å²) in [5.41, 5.74) is 3.43. The number of benzene rings is 2. The molecule has 0 aromatic heterocycles. The van der Waals surface area contributed by atoms with Gasteiger partial charge in [-0.05, 0) is 36.8 Å². The largest absolute Gasteiger partial charge is 0.454 e. The van der Waals surface area contributed by atoms with Gasteiger partial charge in [-0.2, -0.15) is 0 Å². The van der Waals surface area contributed by atoms with Crippen LogP contribution in [-0.2, 0) is 9.53 Å². The van der Waals surface area contributed by atoms with Crippen molar-refractivity contribution in [2.45, 2.75) is 6.92 Å². The SMILES string of the molecule is Cc1ccc(C2=CC(=Cc3ccc4c(c3)OCO4)C(=O)O2)cc1. The topological polar surface area (TPSA) is 44.8 Å². The van der Waals surface area contributed by atoms with Crippen LogP contribution in [0.5, 0.6) is 11.5 Å². The second kappa shape index (κ2) is 5.32. The Labute approximate surface area is 133 Å². The van der Waals surface area contributed by atoms with Crippen LogP contribution in [0.2, 0.25) is 0 Å². The number of ether oxygens (including phenoxy) is 3. The van der Waals surface area contributed by atoms with Crippen LogP contribution in [-0.4, -0.2) is 12.8 Å². The molecule has 4 heteroatoms. The molecule has 0 radical (unpaired) electrons. The van der Waals surface area contributed by atoms with Crippen LogP contribution in [0.3, 0.4) is 0 Å². The van der Waals surface area contributed by atoms with Gasteiger partial charge in [-0.25, -0.2) is 4.79 Å². The van der Waals surface area contributed by atoms with Crippen LogP contribution >= 0.6 is 0 Å². The molecule has 0 bridgehead atoms. The monoisotopic (exact) mass is 306 g/mol. The molecule has 0 aliphatic carbocycles. The summed E-state index contributed by atoms with van der Waals surface area (Å²) in [5, 5.41) is 0. The molecule has 0 N–H and O–H groups in total. The molecule has 0 spiro atoms. The predicted molar refractivity (Wildman–Crippen MR) is 85.8 cm³/mol. The molecule has 0 atom stereocenters. The first-order valence-corrected chi connectivity index (χ1v) is 7.31. The van der Waals surface area contributed by atoms with Crippen molar-refractivity contribution >= 4 is 17.8 Å². The van der Waals surface area contributed by atoms with E-state index in [0.717, 1.165) is 22.4 Å². The highest BCUT2D eigenvalue weighted by molar-refractivity contribution is 6.05. The van der Waals surface area contributed by atoms with Gasteiger partial charge in [-0.3, -0.25) is 0 Å². The summed E-state index contributed by atoms with van der Waals surface area (Å²) >= 11 is 0. The first-order valence-electron chi connectivity index (χ1n) is 7.31. The normalized spacial score (nSPS) is 17.3. The molecule has 0 saturated heterocycles. The van der Waals surface area contributed by atoms with E-state index in [2.05, 4.69) is 0 Å². The average Bonchev–Trinajstić information content (AvgIpc) is 3.15. The highest BCUT2D eigenvalue weighted by Crippen LogP contribution is 2.34. The van der Waals surface area contributed by atoms with E-state index in [1.165, 1.54) is 0 Å². The van der Waals surface area contributed by atoms with Gasteiger partial charge in [-0.1, -0.05) is 35.9 Å². The Bertz CT molecular complexity index is 844. The van der Waals surface area contributed by atoms with Crippen molar-refractivity contribution in [2.75, 3.05) is 6.79 Å². The van der Waals surface area contributed by atoms with Crippen LogP contribution in [0.15, 0.2) is 54.1 Å². The van der Waals surface area contributed by atoms with Crippen LogP contribution in [0, 0.1) is 6.92 Å². The van der Waals surface area contributed by atoms with Crippen LogP contribution < -0.4 is 9.47 Å². The van der Waals surface area contributed by atoms with Gasteiger partial charge >= 0.3 is 5.97 Å². The number of rotatable bonds is 2. The molecule has 4 rings (SSSR count). The van der Waals surface area contributed by atoms with Gasteiger partial charge in [0.05, 0.1) is 5.57 Å². The van der Waals surface area contributed by atoms with Gasteiger partial charge in [-0.15, -0.1) is 0 Å². The molecule has 0 unspecified atom stereocenters. The number of hydrogen-bond acceptors (Lipinski definition) is 4. The Morgan fingerprint density at radius 2 is 1.78 bits per heavy atom. The highest BCUT2D eigenvalue weighted by atomic mass is 16.7. The molecule has 4 nitrogen and oxygen atoms in total. The van der Waals surface area contributed by atoms with Gasteiger partial charge in [0.1, 0.15) is 5.76 Å². The van der Waals surface area contributed by atoms with Crippen molar-refractivity contribution in [1.82, 2.24) is 0 Å². The summed E-state index contributed by atoms with van der Waals surface area (Å²) in [6.07, 6.45) is 3.54. The van der Waals surface area contributed by atoms with Crippen molar-refractivity contribution in [3.05, 3.63) is 70.8 Å². The minimum atomic E-state index is -0.349. The first kappa shape index (κ1) is 13.6. The van der Waals surface area contributed by atoms with Gasteiger partial charge in [0, 0.05) is 5.56 Å². The molecule has 2 aromatic carbocycles.